The highest BCUT2D eigenvalue weighted by Gasteiger charge is 2.37. The van der Waals surface area contributed by atoms with Crippen LogP contribution in [0.5, 0.6) is 0 Å². The predicted molar refractivity (Wildman–Crippen MR) is 97.7 cm³/mol. The quantitative estimate of drug-likeness (QED) is 0.668. The van der Waals surface area contributed by atoms with Gasteiger partial charge in [0.1, 0.15) is 17.8 Å². The van der Waals surface area contributed by atoms with Crippen LogP contribution in [0.1, 0.15) is 60.8 Å². The fraction of sp³-hybridized carbons (Fsp3) is 0.789. The molecule has 150 valence electrons. The average Bonchev–Trinajstić information content (AvgIpc) is 2.54. The molecule has 26 heavy (non-hydrogen) atoms. The number of rotatable bonds is 7. The molecule has 0 aliphatic heterocycles. The highest BCUT2D eigenvalue weighted by atomic mass is 16.6. The van der Waals surface area contributed by atoms with Crippen molar-refractivity contribution in [3.63, 3.8) is 0 Å². The van der Waals surface area contributed by atoms with Crippen molar-refractivity contribution in [2.24, 2.45) is 0 Å². The summed E-state index contributed by atoms with van der Waals surface area (Å²) in [7, 11) is 0. The molecule has 0 fully saturated rings. The van der Waals surface area contributed by atoms with E-state index in [2.05, 4.69) is 5.32 Å². The van der Waals surface area contributed by atoms with Crippen molar-refractivity contribution >= 4 is 12.1 Å². The lowest BCUT2D eigenvalue weighted by atomic mass is 9.89. The normalized spacial score (nSPS) is 23.4. The fourth-order valence-corrected chi connectivity index (χ4v) is 2.75. The highest BCUT2D eigenvalue weighted by molar-refractivity contribution is 5.89. The first-order valence-corrected chi connectivity index (χ1v) is 9.32. The third-order valence-corrected chi connectivity index (χ3v) is 4.05. The third-order valence-electron chi connectivity index (χ3n) is 4.05. The molecule has 0 spiro atoms. The van der Waals surface area contributed by atoms with Gasteiger partial charge in [0.15, 0.2) is 0 Å². The summed E-state index contributed by atoms with van der Waals surface area (Å²) in [6, 6.07) is -0.700. The Morgan fingerprint density at radius 2 is 1.88 bits per heavy atom. The molecule has 3 atom stereocenters. The van der Waals surface area contributed by atoms with Gasteiger partial charge in [-0.1, -0.05) is 13.8 Å². The molecule has 1 aliphatic carbocycles. The van der Waals surface area contributed by atoms with Gasteiger partial charge < -0.3 is 24.6 Å². The molecule has 0 aromatic rings. The summed E-state index contributed by atoms with van der Waals surface area (Å²) in [6.45, 7) is 11.2. The van der Waals surface area contributed by atoms with E-state index in [0.29, 0.717) is 5.57 Å². The van der Waals surface area contributed by atoms with Gasteiger partial charge >= 0.3 is 12.1 Å². The van der Waals surface area contributed by atoms with Gasteiger partial charge in [0.05, 0.1) is 18.8 Å². The van der Waals surface area contributed by atoms with Crippen LogP contribution in [0.3, 0.4) is 0 Å². The van der Waals surface area contributed by atoms with Crippen molar-refractivity contribution in [2.45, 2.75) is 90.8 Å². The minimum Gasteiger partial charge on any atom is -0.463 e. The maximum absolute atomic E-state index is 12.2. The summed E-state index contributed by atoms with van der Waals surface area (Å²) >= 11 is 0. The molecular formula is C19H33NO6. The topological polar surface area (TPSA) is 94.1 Å². The van der Waals surface area contributed by atoms with E-state index in [-0.39, 0.29) is 19.1 Å². The van der Waals surface area contributed by atoms with Gasteiger partial charge in [0.2, 0.25) is 0 Å². The largest absolute Gasteiger partial charge is 0.463 e. The van der Waals surface area contributed by atoms with Gasteiger partial charge in [0.25, 0.3) is 0 Å². The third kappa shape index (κ3) is 6.96. The zero-order valence-corrected chi connectivity index (χ0v) is 16.7. The standard InChI is InChI=1S/C19H33NO6/c1-7-13(8-2)25-15-11-12(17(22)24-9-3)10-14(16(15)21)20-18(23)26-19(4,5)6/h11,13-16,21H,7-10H2,1-6H3,(H,20,23)/t14-,15+,16-/m0/s1. The molecule has 2 N–H and O–H groups in total. The van der Waals surface area contributed by atoms with Crippen molar-refractivity contribution in [3.8, 4) is 0 Å². The molecule has 0 unspecified atom stereocenters. The number of aliphatic hydroxyl groups excluding tert-OH is 1. The van der Waals surface area contributed by atoms with Crippen molar-refractivity contribution in [1.29, 1.82) is 0 Å². The number of ether oxygens (including phenoxy) is 3. The smallest absolute Gasteiger partial charge is 0.407 e. The number of carbonyl (C=O) groups excluding carboxylic acids is 2. The summed E-state index contributed by atoms with van der Waals surface area (Å²) in [6.07, 6.45) is 0.951. The van der Waals surface area contributed by atoms with Crippen LogP contribution in [0.25, 0.3) is 0 Å². The Hall–Kier alpha value is -1.60. The van der Waals surface area contributed by atoms with Crippen LogP contribution in [-0.4, -0.2) is 53.7 Å². The number of aliphatic hydroxyl groups is 1. The van der Waals surface area contributed by atoms with Gasteiger partial charge in [0, 0.05) is 12.0 Å². The molecule has 0 saturated heterocycles. The van der Waals surface area contributed by atoms with Crippen LogP contribution in [0.15, 0.2) is 11.6 Å². The van der Waals surface area contributed by atoms with E-state index in [0.717, 1.165) is 12.8 Å². The number of alkyl carbamates (subject to hydrolysis) is 1. The lowest BCUT2D eigenvalue weighted by Gasteiger charge is -2.35. The minimum absolute atomic E-state index is 0.0466. The Morgan fingerprint density at radius 3 is 2.38 bits per heavy atom. The van der Waals surface area contributed by atoms with E-state index in [4.69, 9.17) is 14.2 Å². The molecule has 1 rings (SSSR count). The lowest BCUT2D eigenvalue weighted by molar-refractivity contribution is -0.139. The molecule has 1 amide bonds. The first kappa shape index (κ1) is 22.4. The molecule has 7 heteroatoms. The fourth-order valence-electron chi connectivity index (χ4n) is 2.75. The maximum Gasteiger partial charge on any atom is 0.407 e. The molecular weight excluding hydrogens is 338 g/mol. The van der Waals surface area contributed by atoms with Crippen LogP contribution in [0.4, 0.5) is 4.79 Å². The summed E-state index contributed by atoms with van der Waals surface area (Å²) < 4.78 is 16.3. The van der Waals surface area contributed by atoms with Gasteiger partial charge in [-0.25, -0.2) is 9.59 Å². The highest BCUT2D eigenvalue weighted by Crippen LogP contribution is 2.25. The second-order valence-electron chi connectivity index (χ2n) is 7.40. The number of esters is 1. The molecule has 0 heterocycles. The first-order chi connectivity index (χ1) is 12.1. The van der Waals surface area contributed by atoms with Crippen LogP contribution >= 0.6 is 0 Å². The Bertz CT molecular complexity index is 507. The van der Waals surface area contributed by atoms with Crippen LogP contribution in [0.2, 0.25) is 0 Å². The summed E-state index contributed by atoms with van der Waals surface area (Å²) in [5.41, 5.74) is -0.274. The minimum atomic E-state index is -0.985. The maximum atomic E-state index is 12.2. The van der Waals surface area contributed by atoms with Crippen molar-refractivity contribution in [2.75, 3.05) is 6.61 Å². The van der Waals surface area contributed by atoms with E-state index in [1.165, 1.54) is 0 Å². The number of hydrogen-bond acceptors (Lipinski definition) is 6. The van der Waals surface area contributed by atoms with Gasteiger partial charge in [-0.05, 0) is 46.6 Å². The molecule has 1 aliphatic rings. The summed E-state index contributed by atoms with van der Waals surface area (Å²) in [5, 5.41) is 13.3. The Balaban J connectivity index is 2.96. The summed E-state index contributed by atoms with van der Waals surface area (Å²) in [4.78, 5) is 24.3. The average molecular weight is 371 g/mol. The summed E-state index contributed by atoms with van der Waals surface area (Å²) in [5.74, 6) is -0.464. The number of amides is 1. The Morgan fingerprint density at radius 1 is 1.27 bits per heavy atom. The van der Waals surface area contributed by atoms with Crippen LogP contribution < -0.4 is 5.32 Å². The van der Waals surface area contributed by atoms with Crippen molar-refractivity contribution < 1.29 is 28.9 Å². The molecule has 0 aromatic heterocycles. The lowest BCUT2D eigenvalue weighted by Crippen LogP contribution is -2.53. The van der Waals surface area contributed by atoms with E-state index in [9.17, 15) is 14.7 Å². The molecule has 0 radical (unpaired) electrons. The van der Waals surface area contributed by atoms with E-state index in [1.807, 2.05) is 13.8 Å². The number of carbonyl (C=O) groups is 2. The van der Waals surface area contributed by atoms with Gasteiger partial charge in [-0.3, -0.25) is 0 Å². The molecule has 7 nitrogen and oxygen atoms in total. The zero-order valence-electron chi connectivity index (χ0n) is 16.7. The first-order valence-electron chi connectivity index (χ1n) is 9.32. The molecule has 0 bridgehead atoms. The van der Waals surface area contributed by atoms with Crippen molar-refractivity contribution in [1.82, 2.24) is 5.32 Å². The number of nitrogens with one attached hydrogen (secondary N) is 1. The van der Waals surface area contributed by atoms with E-state index in [1.54, 1.807) is 33.8 Å². The monoisotopic (exact) mass is 371 g/mol. The van der Waals surface area contributed by atoms with E-state index < -0.39 is 35.9 Å². The Kier molecular flexibility index (Phi) is 8.56. The molecule has 0 saturated carbocycles. The second-order valence-corrected chi connectivity index (χ2v) is 7.40. The van der Waals surface area contributed by atoms with Crippen molar-refractivity contribution in [3.05, 3.63) is 11.6 Å². The van der Waals surface area contributed by atoms with E-state index >= 15 is 0 Å². The number of hydrogen-bond donors (Lipinski definition) is 2. The Labute approximate surface area is 156 Å². The predicted octanol–water partition coefficient (Wildman–Crippen LogP) is 2.71. The van der Waals surface area contributed by atoms with Crippen LogP contribution in [-0.2, 0) is 19.0 Å². The second kappa shape index (κ2) is 9.92. The van der Waals surface area contributed by atoms with Gasteiger partial charge in [-0.15, -0.1) is 0 Å². The molecule has 0 aromatic carbocycles. The van der Waals surface area contributed by atoms with Crippen LogP contribution in [0, 0.1) is 0 Å². The van der Waals surface area contributed by atoms with Gasteiger partial charge in [-0.2, -0.15) is 0 Å². The SMILES string of the molecule is CCOC(=O)C1=C[C@@H](OC(CC)CC)[C@@H](O)[C@@H](NC(=O)OC(C)(C)C)C1. The zero-order chi connectivity index (χ0) is 19.9.